The fraction of sp³-hybridized carbons (Fsp3) is 0.643. The molecule has 21 heavy (non-hydrogen) atoms. The number of anilines is 1. The number of nitrogens with zero attached hydrogens (tertiary/aromatic N) is 3. The van der Waals surface area contributed by atoms with Crippen LogP contribution in [0, 0.1) is 0 Å². The highest BCUT2D eigenvalue weighted by Crippen LogP contribution is 2.06. The molecule has 0 aliphatic carbocycles. The van der Waals surface area contributed by atoms with Crippen molar-refractivity contribution in [2.24, 2.45) is 0 Å². The minimum Gasteiger partial charge on any atom is -0.383 e. The molecule has 0 spiro atoms. The van der Waals surface area contributed by atoms with Gasteiger partial charge in [0.15, 0.2) is 0 Å². The van der Waals surface area contributed by atoms with Gasteiger partial charge in [-0.25, -0.2) is 9.97 Å². The quantitative estimate of drug-likeness (QED) is 0.599. The summed E-state index contributed by atoms with van der Waals surface area (Å²) in [6, 6.07) is 0. The van der Waals surface area contributed by atoms with E-state index in [1.807, 2.05) is 18.7 Å². The predicted octanol–water partition coefficient (Wildman–Crippen LogP) is 0.175. The Morgan fingerprint density at radius 1 is 1.33 bits per heavy atom. The number of aromatic nitrogens is 2. The third-order valence-electron chi connectivity index (χ3n) is 2.88. The lowest BCUT2D eigenvalue weighted by atomic mass is 10.3. The monoisotopic (exact) mass is 295 g/mol. The van der Waals surface area contributed by atoms with E-state index < -0.39 is 0 Å². The molecule has 7 nitrogen and oxygen atoms in total. The Bertz CT molecular complexity index is 410. The van der Waals surface area contributed by atoms with Crippen molar-refractivity contribution >= 4 is 11.9 Å². The lowest BCUT2D eigenvalue weighted by Gasteiger charge is -2.20. The zero-order valence-corrected chi connectivity index (χ0v) is 13.1. The molecule has 2 N–H and O–H groups in total. The third kappa shape index (κ3) is 6.50. The van der Waals surface area contributed by atoms with Crippen molar-refractivity contribution in [2.75, 3.05) is 44.8 Å². The van der Waals surface area contributed by atoms with E-state index in [4.69, 9.17) is 4.74 Å². The fourth-order valence-corrected chi connectivity index (χ4v) is 1.76. The maximum Gasteiger partial charge on any atom is 0.239 e. The molecule has 0 atom stereocenters. The number of ether oxygens (including phenoxy) is 1. The molecule has 1 amide bonds. The first-order chi connectivity index (χ1) is 10.2. The second-order valence-corrected chi connectivity index (χ2v) is 4.53. The number of rotatable bonds is 10. The van der Waals surface area contributed by atoms with Gasteiger partial charge in [-0.05, 0) is 13.8 Å². The van der Waals surface area contributed by atoms with Crippen LogP contribution in [0.2, 0.25) is 0 Å². The first kappa shape index (κ1) is 17.3. The van der Waals surface area contributed by atoms with Gasteiger partial charge >= 0.3 is 0 Å². The summed E-state index contributed by atoms with van der Waals surface area (Å²) in [7, 11) is 1.67. The Morgan fingerprint density at radius 3 is 2.62 bits per heavy atom. The molecule has 1 aromatic rings. The molecule has 0 unspecified atom stereocenters. The van der Waals surface area contributed by atoms with Gasteiger partial charge in [-0.1, -0.05) is 0 Å². The summed E-state index contributed by atoms with van der Waals surface area (Å²) in [5.41, 5.74) is 1.00. The highest BCUT2D eigenvalue weighted by molar-refractivity contribution is 5.80. The topological polar surface area (TPSA) is 79.4 Å². The van der Waals surface area contributed by atoms with Crippen LogP contribution in [0.15, 0.2) is 12.4 Å². The van der Waals surface area contributed by atoms with E-state index in [1.165, 1.54) is 0 Å². The van der Waals surface area contributed by atoms with Crippen molar-refractivity contribution in [1.82, 2.24) is 20.6 Å². The van der Waals surface area contributed by atoms with Gasteiger partial charge in [0.25, 0.3) is 0 Å². The van der Waals surface area contributed by atoms with Crippen LogP contribution in [0.4, 0.5) is 5.95 Å². The summed E-state index contributed by atoms with van der Waals surface area (Å²) in [6.45, 7) is 7.62. The van der Waals surface area contributed by atoms with Crippen molar-refractivity contribution in [3.05, 3.63) is 18.0 Å². The molecule has 1 heterocycles. The Kier molecular flexibility index (Phi) is 8.30. The molecule has 0 fully saturated rings. The number of methoxy groups -OCH3 is 1. The minimum atomic E-state index is -0.0201. The van der Waals surface area contributed by atoms with Crippen LogP contribution in [-0.4, -0.2) is 55.8 Å². The summed E-state index contributed by atoms with van der Waals surface area (Å²) in [5, 5.41) is 6.00. The van der Waals surface area contributed by atoms with Crippen molar-refractivity contribution in [1.29, 1.82) is 0 Å². The average Bonchev–Trinajstić information content (AvgIpc) is 2.50. The van der Waals surface area contributed by atoms with E-state index >= 15 is 0 Å². The van der Waals surface area contributed by atoms with E-state index in [9.17, 15) is 4.79 Å². The second-order valence-electron chi connectivity index (χ2n) is 4.53. The maximum atomic E-state index is 11.6. The molecule has 0 bridgehead atoms. The summed E-state index contributed by atoms with van der Waals surface area (Å²) >= 11 is 0. The lowest BCUT2D eigenvalue weighted by molar-refractivity contribution is -0.119. The van der Waals surface area contributed by atoms with Gasteiger partial charge in [0.1, 0.15) is 0 Å². The van der Waals surface area contributed by atoms with Crippen LogP contribution < -0.4 is 15.5 Å². The average molecular weight is 295 g/mol. The molecular formula is C14H25N5O2. The third-order valence-corrected chi connectivity index (χ3v) is 2.88. The van der Waals surface area contributed by atoms with Crippen LogP contribution in [0.1, 0.15) is 19.4 Å². The zero-order chi connectivity index (χ0) is 15.5. The first-order valence-electron chi connectivity index (χ1n) is 7.23. The number of carbonyl (C=O) groups excluding carboxylic acids is 1. The molecule has 0 saturated heterocycles. The molecule has 0 aliphatic rings. The molecule has 0 aromatic carbocycles. The number of likely N-dealkylation sites (N-methyl/N-ethyl adjacent to an activating group) is 2. The van der Waals surface area contributed by atoms with Crippen LogP contribution in [-0.2, 0) is 16.1 Å². The van der Waals surface area contributed by atoms with Gasteiger partial charge in [0.2, 0.25) is 11.9 Å². The Labute approximate surface area is 126 Å². The van der Waals surface area contributed by atoms with Gasteiger partial charge in [-0.3, -0.25) is 4.79 Å². The summed E-state index contributed by atoms with van der Waals surface area (Å²) < 4.78 is 4.96. The summed E-state index contributed by atoms with van der Waals surface area (Å²) in [6.07, 6.45) is 3.56. The number of nitrogens with one attached hydrogen (secondary N) is 2. The van der Waals surface area contributed by atoms with Gasteiger partial charge in [-0.2, -0.15) is 0 Å². The lowest BCUT2D eigenvalue weighted by Crippen LogP contribution is -2.38. The molecule has 7 heteroatoms. The second kappa shape index (κ2) is 10.1. The fourth-order valence-electron chi connectivity index (χ4n) is 1.76. The van der Waals surface area contributed by atoms with Crippen molar-refractivity contribution in [3.8, 4) is 0 Å². The van der Waals surface area contributed by atoms with Crippen molar-refractivity contribution in [3.63, 3.8) is 0 Å². The smallest absolute Gasteiger partial charge is 0.239 e. The zero-order valence-electron chi connectivity index (χ0n) is 13.1. The van der Waals surface area contributed by atoms with Crippen LogP contribution >= 0.6 is 0 Å². The largest absolute Gasteiger partial charge is 0.383 e. The van der Waals surface area contributed by atoms with Gasteiger partial charge < -0.3 is 20.3 Å². The molecule has 0 saturated carbocycles. The number of hydrogen-bond acceptors (Lipinski definition) is 6. The van der Waals surface area contributed by atoms with Gasteiger partial charge in [-0.15, -0.1) is 0 Å². The van der Waals surface area contributed by atoms with E-state index in [1.54, 1.807) is 19.5 Å². The molecule has 1 rings (SSSR count). The number of carbonyl (C=O) groups is 1. The van der Waals surface area contributed by atoms with Gasteiger partial charge in [0.05, 0.1) is 13.2 Å². The maximum absolute atomic E-state index is 11.6. The van der Waals surface area contributed by atoms with Crippen molar-refractivity contribution < 1.29 is 9.53 Å². The molecule has 118 valence electrons. The molecule has 1 aromatic heterocycles. The minimum absolute atomic E-state index is 0.0201. The van der Waals surface area contributed by atoms with Crippen LogP contribution in [0.5, 0.6) is 0 Å². The highest BCUT2D eigenvalue weighted by Gasteiger charge is 2.11. The van der Waals surface area contributed by atoms with Crippen LogP contribution in [0.25, 0.3) is 0 Å². The Hall–Kier alpha value is -1.73. The van der Waals surface area contributed by atoms with E-state index in [0.717, 1.165) is 12.1 Å². The van der Waals surface area contributed by atoms with E-state index in [-0.39, 0.29) is 12.5 Å². The number of amides is 1. The predicted molar refractivity (Wildman–Crippen MR) is 82.2 cm³/mol. The first-order valence-corrected chi connectivity index (χ1v) is 7.23. The van der Waals surface area contributed by atoms with E-state index in [0.29, 0.717) is 32.2 Å². The summed E-state index contributed by atoms with van der Waals surface area (Å²) in [5.74, 6) is 0.553. The van der Waals surface area contributed by atoms with Crippen LogP contribution in [0.3, 0.4) is 0 Å². The number of hydrogen-bond donors (Lipinski definition) is 2. The molecular weight excluding hydrogens is 270 g/mol. The Morgan fingerprint density at radius 2 is 2.05 bits per heavy atom. The standard InChI is InChI=1S/C14H25N5O2/c1-4-16-13(20)11-19(5-2)14-17-9-12(10-18-14)8-15-6-7-21-3/h9-10,15H,4-8,11H2,1-3H3,(H,16,20). The molecule has 0 aliphatic heterocycles. The SMILES string of the molecule is CCNC(=O)CN(CC)c1ncc(CNCCOC)cn1. The Balaban J connectivity index is 2.52. The van der Waals surface area contributed by atoms with E-state index in [2.05, 4.69) is 20.6 Å². The molecule has 0 radical (unpaired) electrons. The van der Waals surface area contributed by atoms with Crippen molar-refractivity contribution in [2.45, 2.75) is 20.4 Å². The normalized spacial score (nSPS) is 10.4. The highest BCUT2D eigenvalue weighted by atomic mass is 16.5. The summed E-state index contributed by atoms with van der Waals surface area (Å²) in [4.78, 5) is 22.1. The van der Waals surface area contributed by atoms with Gasteiger partial charge in [0, 0.05) is 51.2 Å².